The normalized spacial score (nSPS) is 10.8. The van der Waals surface area contributed by atoms with Crippen molar-refractivity contribution in [2.45, 2.75) is 6.54 Å². The fraction of sp³-hybridized carbons (Fsp3) is 0.200. The van der Waals surface area contributed by atoms with Crippen LogP contribution in [0.3, 0.4) is 0 Å². The number of fused-ring (bicyclic) bond motifs is 1. The Morgan fingerprint density at radius 1 is 1.50 bits per heavy atom. The molecule has 2 aromatic rings. The van der Waals surface area contributed by atoms with Crippen molar-refractivity contribution in [1.29, 1.82) is 0 Å². The summed E-state index contributed by atoms with van der Waals surface area (Å²) in [4.78, 5) is 3.21. The van der Waals surface area contributed by atoms with Crippen LogP contribution in [0.25, 0.3) is 10.9 Å². The molecule has 1 heterocycles. The van der Waals surface area contributed by atoms with Gasteiger partial charge in [0.05, 0.1) is 17.2 Å². The summed E-state index contributed by atoms with van der Waals surface area (Å²) in [6, 6.07) is 5.90. The monoisotopic (exact) mass is 254 g/mol. The fourth-order valence-electron chi connectivity index (χ4n) is 1.53. The molecule has 14 heavy (non-hydrogen) atoms. The number of hydrogen-bond donors (Lipinski definition) is 2. The lowest BCUT2D eigenvalue weighted by Crippen LogP contribution is -1.95. The molecule has 0 spiro atoms. The number of ether oxygens (including phenoxy) is 1. The molecule has 0 radical (unpaired) electrons. The summed E-state index contributed by atoms with van der Waals surface area (Å²) in [5, 5.41) is 1.14. The van der Waals surface area contributed by atoms with Gasteiger partial charge in [-0.3, -0.25) is 0 Å². The van der Waals surface area contributed by atoms with E-state index in [4.69, 9.17) is 10.5 Å². The summed E-state index contributed by atoms with van der Waals surface area (Å²) in [5.41, 5.74) is 7.79. The van der Waals surface area contributed by atoms with Crippen LogP contribution in [-0.2, 0) is 6.54 Å². The van der Waals surface area contributed by atoms with E-state index in [0.717, 1.165) is 26.8 Å². The Kier molecular flexibility index (Phi) is 2.48. The maximum atomic E-state index is 5.65. The van der Waals surface area contributed by atoms with Gasteiger partial charge in [-0.1, -0.05) is 0 Å². The summed E-state index contributed by atoms with van der Waals surface area (Å²) in [6.07, 6.45) is 0. The molecule has 1 aromatic carbocycles. The van der Waals surface area contributed by atoms with Gasteiger partial charge in [-0.05, 0) is 28.1 Å². The quantitative estimate of drug-likeness (QED) is 0.865. The van der Waals surface area contributed by atoms with Gasteiger partial charge in [0.15, 0.2) is 0 Å². The van der Waals surface area contributed by atoms with E-state index < -0.39 is 0 Å². The van der Waals surface area contributed by atoms with E-state index in [1.807, 2.05) is 18.2 Å². The zero-order valence-corrected chi connectivity index (χ0v) is 9.39. The number of halogens is 1. The van der Waals surface area contributed by atoms with Crippen molar-refractivity contribution in [1.82, 2.24) is 4.98 Å². The van der Waals surface area contributed by atoms with Gasteiger partial charge >= 0.3 is 0 Å². The number of aromatic nitrogens is 1. The highest BCUT2D eigenvalue weighted by atomic mass is 79.9. The molecule has 0 unspecified atom stereocenters. The van der Waals surface area contributed by atoms with E-state index in [1.165, 1.54) is 0 Å². The predicted octanol–water partition coefficient (Wildman–Crippen LogP) is 2.40. The molecule has 0 aliphatic rings. The molecule has 1 aromatic heterocycles. The predicted molar refractivity (Wildman–Crippen MR) is 60.4 cm³/mol. The first-order valence-electron chi connectivity index (χ1n) is 4.30. The van der Waals surface area contributed by atoms with Gasteiger partial charge < -0.3 is 15.5 Å². The SMILES string of the molecule is COc1ccc2c(CN)c(Br)[nH]c2c1. The third-order valence-electron chi connectivity index (χ3n) is 2.27. The van der Waals surface area contributed by atoms with Gasteiger partial charge in [0.25, 0.3) is 0 Å². The number of H-pyrrole nitrogens is 1. The van der Waals surface area contributed by atoms with Crippen LogP contribution in [0.15, 0.2) is 22.8 Å². The topological polar surface area (TPSA) is 51.0 Å². The van der Waals surface area contributed by atoms with Crippen LogP contribution in [0.4, 0.5) is 0 Å². The first kappa shape index (κ1) is 9.55. The molecule has 0 atom stereocenters. The number of nitrogens with one attached hydrogen (secondary N) is 1. The molecule has 74 valence electrons. The first-order valence-corrected chi connectivity index (χ1v) is 5.09. The molecular formula is C10H11BrN2O. The highest BCUT2D eigenvalue weighted by Crippen LogP contribution is 2.28. The van der Waals surface area contributed by atoms with E-state index in [2.05, 4.69) is 20.9 Å². The minimum atomic E-state index is 0.521. The van der Waals surface area contributed by atoms with Crippen LogP contribution < -0.4 is 10.5 Å². The number of benzene rings is 1. The van der Waals surface area contributed by atoms with Crippen LogP contribution in [0.1, 0.15) is 5.56 Å². The Hall–Kier alpha value is -1.00. The van der Waals surface area contributed by atoms with Crippen molar-refractivity contribution in [3.05, 3.63) is 28.4 Å². The number of nitrogens with two attached hydrogens (primary N) is 1. The summed E-state index contributed by atoms with van der Waals surface area (Å²) in [7, 11) is 1.66. The molecule has 0 aliphatic carbocycles. The lowest BCUT2D eigenvalue weighted by molar-refractivity contribution is 0.415. The van der Waals surface area contributed by atoms with Crippen molar-refractivity contribution >= 4 is 26.8 Å². The summed E-state index contributed by atoms with van der Waals surface area (Å²) >= 11 is 3.44. The highest BCUT2D eigenvalue weighted by molar-refractivity contribution is 9.10. The molecular weight excluding hydrogens is 244 g/mol. The van der Waals surface area contributed by atoms with Gasteiger partial charge in [0, 0.05) is 23.6 Å². The smallest absolute Gasteiger partial charge is 0.120 e. The van der Waals surface area contributed by atoms with Crippen molar-refractivity contribution in [3.63, 3.8) is 0 Å². The zero-order valence-electron chi connectivity index (χ0n) is 7.80. The van der Waals surface area contributed by atoms with Crippen molar-refractivity contribution in [2.75, 3.05) is 7.11 Å². The largest absolute Gasteiger partial charge is 0.497 e. The van der Waals surface area contributed by atoms with Crippen LogP contribution >= 0.6 is 15.9 Å². The molecule has 0 amide bonds. The van der Waals surface area contributed by atoms with Gasteiger partial charge in [-0.15, -0.1) is 0 Å². The Labute approximate surface area is 90.4 Å². The van der Waals surface area contributed by atoms with Crippen LogP contribution in [0.5, 0.6) is 5.75 Å². The molecule has 2 rings (SSSR count). The summed E-state index contributed by atoms with van der Waals surface area (Å²) in [5.74, 6) is 0.842. The second-order valence-electron chi connectivity index (χ2n) is 3.03. The summed E-state index contributed by atoms with van der Waals surface area (Å²) < 4.78 is 6.09. The van der Waals surface area contributed by atoms with Crippen molar-refractivity contribution in [2.24, 2.45) is 5.73 Å². The van der Waals surface area contributed by atoms with Gasteiger partial charge in [-0.25, -0.2) is 0 Å². The lowest BCUT2D eigenvalue weighted by Gasteiger charge is -1.99. The molecule has 0 fully saturated rings. The maximum Gasteiger partial charge on any atom is 0.120 e. The molecule has 4 heteroatoms. The van der Waals surface area contributed by atoms with E-state index >= 15 is 0 Å². The van der Waals surface area contributed by atoms with Crippen LogP contribution in [-0.4, -0.2) is 12.1 Å². The van der Waals surface area contributed by atoms with E-state index in [1.54, 1.807) is 7.11 Å². The standard InChI is InChI=1S/C10H11BrN2O/c1-14-6-2-3-7-8(5-12)10(11)13-9(7)4-6/h2-4,13H,5,12H2,1H3. The van der Waals surface area contributed by atoms with Crippen molar-refractivity contribution in [3.8, 4) is 5.75 Å². The molecule has 0 saturated heterocycles. The highest BCUT2D eigenvalue weighted by Gasteiger charge is 2.07. The second kappa shape index (κ2) is 3.63. The van der Waals surface area contributed by atoms with Gasteiger partial charge in [0.2, 0.25) is 0 Å². The van der Waals surface area contributed by atoms with Crippen LogP contribution in [0.2, 0.25) is 0 Å². The number of methoxy groups -OCH3 is 1. The van der Waals surface area contributed by atoms with Crippen LogP contribution in [0, 0.1) is 0 Å². The third kappa shape index (κ3) is 1.40. The summed E-state index contributed by atoms with van der Waals surface area (Å²) in [6.45, 7) is 0.521. The van der Waals surface area contributed by atoms with E-state index in [-0.39, 0.29) is 0 Å². The minimum Gasteiger partial charge on any atom is -0.497 e. The van der Waals surface area contributed by atoms with Gasteiger partial charge in [-0.2, -0.15) is 0 Å². The average Bonchev–Trinajstić information content (AvgIpc) is 2.51. The molecule has 0 bridgehead atoms. The maximum absolute atomic E-state index is 5.65. The molecule has 0 saturated carbocycles. The third-order valence-corrected chi connectivity index (χ3v) is 2.94. The van der Waals surface area contributed by atoms with Crippen molar-refractivity contribution < 1.29 is 4.74 Å². The Bertz CT molecular complexity index is 464. The second-order valence-corrected chi connectivity index (χ2v) is 3.83. The Balaban J connectivity index is 2.68. The first-order chi connectivity index (χ1) is 6.76. The number of rotatable bonds is 2. The fourth-order valence-corrected chi connectivity index (χ4v) is 2.12. The molecule has 0 aliphatic heterocycles. The van der Waals surface area contributed by atoms with E-state index in [9.17, 15) is 0 Å². The Morgan fingerprint density at radius 3 is 2.93 bits per heavy atom. The zero-order chi connectivity index (χ0) is 10.1. The molecule has 3 nitrogen and oxygen atoms in total. The number of aromatic amines is 1. The molecule has 3 N–H and O–H groups in total. The average molecular weight is 255 g/mol. The van der Waals surface area contributed by atoms with Gasteiger partial charge in [0.1, 0.15) is 5.75 Å². The van der Waals surface area contributed by atoms with E-state index in [0.29, 0.717) is 6.54 Å². The lowest BCUT2D eigenvalue weighted by atomic mass is 10.2. The number of hydrogen-bond acceptors (Lipinski definition) is 2. The Morgan fingerprint density at radius 2 is 2.29 bits per heavy atom. The minimum absolute atomic E-state index is 0.521.